The molecule has 0 bridgehead atoms. The maximum Gasteiger partial charge on any atom is 0.355 e. The molecule has 1 fully saturated rings. The summed E-state index contributed by atoms with van der Waals surface area (Å²) in [6, 6.07) is 50.2. The van der Waals surface area contributed by atoms with Gasteiger partial charge in [0.15, 0.2) is 6.10 Å². The van der Waals surface area contributed by atoms with Crippen molar-refractivity contribution in [3.05, 3.63) is 175 Å². The predicted molar refractivity (Wildman–Crippen MR) is 194 cm³/mol. The van der Waals surface area contributed by atoms with Gasteiger partial charge in [0.05, 0.1) is 11.4 Å². The number of nitrogens with zero attached hydrogens (tertiary/aromatic N) is 1. The zero-order valence-corrected chi connectivity index (χ0v) is 29.7. The molecule has 9 heteroatoms. The van der Waals surface area contributed by atoms with Crippen LogP contribution < -0.4 is 38.2 Å². The van der Waals surface area contributed by atoms with Crippen LogP contribution in [-0.2, 0) is 19.1 Å². The number of halogens is 1. The van der Waals surface area contributed by atoms with E-state index in [0.29, 0.717) is 12.6 Å². The Morgan fingerprint density at radius 3 is 1.59 bits per heavy atom. The van der Waals surface area contributed by atoms with Crippen LogP contribution in [0.2, 0.25) is 0 Å². The number of thioether (sulfide) groups is 1. The van der Waals surface area contributed by atoms with Gasteiger partial charge >= 0.3 is 5.97 Å². The van der Waals surface area contributed by atoms with Gasteiger partial charge in [0.25, 0.3) is 5.91 Å². The van der Waals surface area contributed by atoms with Crippen molar-refractivity contribution in [1.29, 1.82) is 0 Å². The number of hydrogen-bond donors (Lipinski definition) is 1. The molecule has 0 radical (unpaired) electrons. The number of carbonyl (C=O) groups is 3. The van der Waals surface area contributed by atoms with Gasteiger partial charge in [0.2, 0.25) is 6.41 Å². The van der Waals surface area contributed by atoms with E-state index in [1.807, 2.05) is 84.9 Å². The summed E-state index contributed by atoms with van der Waals surface area (Å²) in [5, 5.41) is 5.75. The first kappa shape index (κ1) is 34.4. The van der Waals surface area contributed by atoms with Crippen LogP contribution in [0.3, 0.4) is 0 Å². The van der Waals surface area contributed by atoms with Gasteiger partial charge in [-0.2, -0.15) is 0 Å². The molecule has 5 aromatic carbocycles. The summed E-state index contributed by atoms with van der Waals surface area (Å²) in [5.41, 5.74) is 1.86. The number of carbonyl (C=O) groups excluding carboxylic acids is 3. The molecule has 1 unspecified atom stereocenters. The molecule has 3 atom stereocenters. The molecule has 2 aliphatic heterocycles. The first-order valence-corrected chi connectivity index (χ1v) is 18.8. The summed E-state index contributed by atoms with van der Waals surface area (Å²) < 4.78 is 6.30. The molecule has 1 saturated heterocycles. The number of hydrogen-bond acceptors (Lipinski definition) is 5. The third-order valence-corrected chi connectivity index (χ3v) is 15.0. The summed E-state index contributed by atoms with van der Waals surface area (Å²) in [6.45, 7) is 0. The number of β-lactam (4-membered cyclic amide) rings is 1. The highest BCUT2D eigenvalue weighted by Gasteiger charge is 2.56. The number of nitrogens with one attached hydrogen (secondary N) is 1. The molecule has 2 aliphatic rings. The highest BCUT2D eigenvalue weighted by Crippen LogP contribution is 2.58. The van der Waals surface area contributed by atoms with Crippen LogP contribution in [0.25, 0.3) is 0 Å². The Morgan fingerprint density at radius 1 is 0.735 bits per heavy atom. The van der Waals surface area contributed by atoms with Gasteiger partial charge in [-0.25, -0.2) is 4.79 Å². The van der Waals surface area contributed by atoms with Crippen LogP contribution >= 0.6 is 19.0 Å². The summed E-state index contributed by atoms with van der Waals surface area (Å²) in [5.74, 6) is -0.906. The standard InChI is InChI=1S/C40H33N2O4PS.BrH/c43-28-41-36-38(44)42-35(40(45)46-37(29-16-6-1-7-17-29)30-18-8-2-9-19-30)26-34(48-39(36)42)27-47(31-20-10-3-11-21-31,32-22-12-4-13-23-32)33-24-14-5-15-25-33;/h1-26,28,34,36-37,39H,27H2;1H/t34?,36-,39-;/m1./s1. The van der Waals surface area contributed by atoms with Crippen molar-refractivity contribution in [2.75, 3.05) is 6.16 Å². The van der Waals surface area contributed by atoms with Crippen molar-refractivity contribution in [3.63, 3.8) is 0 Å². The Morgan fingerprint density at radius 2 is 1.16 bits per heavy atom. The molecule has 246 valence electrons. The van der Waals surface area contributed by atoms with E-state index < -0.39 is 30.8 Å². The number of ether oxygens (including phenoxy) is 1. The lowest BCUT2D eigenvalue weighted by Gasteiger charge is -2.50. The Kier molecular flexibility index (Phi) is 10.8. The summed E-state index contributed by atoms with van der Waals surface area (Å²) in [6.07, 6.45) is 2.49. The molecule has 5 aromatic rings. The lowest BCUT2D eigenvalue weighted by molar-refractivity contribution is -0.154. The van der Waals surface area contributed by atoms with E-state index in [0.717, 1.165) is 11.1 Å². The molecule has 1 N–H and O–H groups in total. The average Bonchev–Trinajstić information content (AvgIpc) is 3.16. The average molecular weight is 750 g/mol. The van der Waals surface area contributed by atoms with Gasteiger partial charge in [-0.15, -0.1) is 11.8 Å². The minimum atomic E-state index is -2.29. The molecule has 2 heterocycles. The molecule has 6 nitrogen and oxygen atoms in total. The van der Waals surface area contributed by atoms with Crippen molar-refractivity contribution in [1.82, 2.24) is 10.2 Å². The van der Waals surface area contributed by atoms with Crippen LogP contribution in [0.1, 0.15) is 17.2 Å². The lowest BCUT2D eigenvalue weighted by atomic mass is 10.0. The lowest BCUT2D eigenvalue weighted by Crippen LogP contribution is -3.00. The largest absolute Gasteiger partial charge is 1.00 e. The van der Waals surface area contributed by atoms with Gasteiger partial charge in [-0.05, 0) is 53.6 Å². The second-order valence-electron chi connectivity index (χ2n) is 11.7. The van der Waals surface area contributed by atoms with Crippen LogP contribution in [-0.4, -0.2) is 46.0 Å². The van der Waals surface area contributed by atoms with Gasteiger partial charge in [-0.1, -0.05) is 115 Å². The molecule has 7 rings (SSSR count). The molecule has 0 aliphatic carbocycles. The van der Waals surface area contributed by atoms with Gasteiger partial charge in [0, 0.05) is 0 Å². The van der Waals surface area contributed by atoms with E-state index in [2.05, 4.69) is 78.1 Å². The highest BCUT2D eigenvalue weighted by molar-refractivity contribution is 8.02. The van der Waals surface area contributed by atoms with Crippen LogP contribution in [0.4, 0.5) is 0 Å². The number of amides is 2. The summed E-state index contributed by atoms with van der Waals surface area (Å²) >= 11 is 1.60. The third-order valence-electron chi connectivity index (χ3n) is 8.89. The minimum absolute atomic E-state index is 0. The Balaban J connectivity index is 0.00000417. The fourth-order valence-electron chi connectivity index (χ4n) is 6.66. The second kappa shape index (κ2) is 15.4. The zero-order valence-electron chi connectivity index (χ0n) is 26.4. The van der Waals surface area contributed by atoms with E-state index in [1.54, 1.807) is 11.8 Å². The van der Waals surface area contributed by atoms with Gasteiger partial charge < -0.3 is 27.0 Å². The summed E-state index contributed by atoms with van der Waals surface area (Å²) in [7, 11) is -2.29. The Bertz CT molecular complexity index is 1780. The van der Waals surface area contributed by atoms with Crippen molar-refractivity contribution in [2.24, 2.45) is 0 Å². The van der Waals surface area contributed by atoms with Crippen molar-refractivity contribution < 1.29 is 36.1 Å². The predicted octanol–water partition coefficient (Wildman–Crippen LogP) is 2.60. The normalized spacial score (nSPS) is 18.3. The minimum Gasteiger partial charge on any atom is -1.00 e. The first-order valence-electron chi connectivity index (χ1n) is 15.9. The second-order valence-corrected chi connectivity index (χ2v) is 16.6. The molecule has 49 heavy (non-hydrogen) atoms. The monoisotopic (exact) mass is 748 g/mol. The summed E-state index contributed by atoms with van der Waals surface area (Å²) in [4.78, 5) is 40.8. The fourth-order valence-corrected chi connectivity index (χ4v) is 13.1. The SMILES string of the molecule is O=CN[C@@H]1C(=O)N2C(C(=O)OC(c3ccccc3)c3ccccc3)=CC(C[P+](c3ccccc3)(c3ccccc3)c3ccccc3)S[C@H]12.[Br-]. The van der Waals surface area contributed by atoms with Crippen LogP contribution in [0.15, 0.2) is 163 Å². The smallest absolute Gasteiger partial charge is 0.355 e. The topological polar surface area (TPSA) is 75.7 Å². The van der Waals surface area contributed by atoms with Gasteiger partial charge in [0.1, 0.15) is 40.3 Å². The Labute approximate surface area is 301 Å². The van der Waals surface area contributed by atoms with E-state index >= 15 is 0 Å². The highest BCUT2D eigenvalue weighted by atomic mass is 79.9. The van der Waals surface area contributed by atoms with E-state index in [9.17, 15) is 14.4 Å². The van der Waals surface area contributed by atoms with E-state index in [-0.39, 0.29) is 33.8 Å². The number of rotatable bonds is 11. The number of benzene rings is 5. The molecule has 0 spiro atoms. The maximum atomic E-state index is 14.3. The van der Waals surface area contributed by atoms with Crippen molar-refractivity contribution in [2.45, 2.75) is 22.8 Å². The van der Waals surface area contributed by atoms with Crippen molar-refractivity contribution >= 4 is 53.2 Å². The zero-order chi connectivity index (χ0) is 32.9. The quantitative estimate of drug-likeness (QED) is 0.0974. The number of fused-ring (bicyclic) bond motifs is 1. The van der Waals surface area contributed by atoms with E-state index in [4.69, 9.17) is 4.74 Å². The van der Waals surface area contributed by atoms with Crippen molar-refractivity contribution in [3.8, 4) is 0 Å². The van der Waals surface area contributed by atoms with Gasteiger partial charge in [-0.3, -0.25) is 14.5 Å². The fraction of sp³-hybridized carbons (Fsp3) is 0.125. The van der Waals surface area contributed by atoms with Crippen LogP contribution in [0.5, 0.6) is 0 Å². The molecule has 0 saturated carbocycles. The maximum absolute atomic E-state index is 14.3. The first-order chi connectivity index (χ1) is 23.6. The third kappa shape index (κ3) is 6.73. The number of esters is 1. The molecular weight excluding hydrogens is 715 g/mol. The molecular formula is C40H34BrN2O4PS. The Hall–Kier alpha value is -4.49. The van der Waals surface area contributed by atoms with E-state index in [1.165, 1.54) is 20.8 Å². The molecule has 2 amide bonds. The molecule has 0 aromatic heterocycles. The van der Waals surface area contributed by atoms with Crippen LogP contribution in [0, 0.1) is 0 Å².